The van der Waals surface area contributed by atoms with Crippen LogP contribution in [0, 0.1) is 0 Å². The summed E-state index contributed by atoms with van der Waals surface area (Å²) in [5, 5.41) is 9.86. The van der Waals surface area contributed by atoms with Crippen LogP contribution in [0.3, 0.4) is 0 Å². The first-order chi connectivity index (χ1) is 12.3. The van der Waals surface area contributed by atoms with Gasteiger partial charge in [0.25, 0.3) is 0 Å². The minimum Gasteiger partial charge on any atom is -0.481 e. The number of carbonyl (C=O) groups is 1. The van der Waals surface area contributed by atoms with Gasteiger partial charge in [0.05, 0.1) is 29.8 Å². The Balaban J connectivity index is 2.19. The van der Waals surface area contributed by atoms with Crippen molar-refractivity contribution in [2.75, 3.05) is 6.61 Å². The molecule has 7 heteroatoms. The van der Waals surface area contributed by atoms with Crippen molar-refractivity contribution < 1.29 is 27.8 Å². The van der Waals surface area contributed by atoms with Gasteiger partial charge in [-0.3, -0.25) is 4.79 Å². The van der Waals surface area contributed by atoms with Gasteiger partial charge in [0.15, 0.2) is 0 Å². The van der Waals surface area contributed by atoms with E-state index in [0.717, 1.165) is 11.6 Å². The zero-order valence-corrected chi connectivity index (χ0v) is 14.3. The molecule has 1 unspecified atom stereocenters. The average molecular weight is 367 g/mol. The second-order valence-corrected chi connectivity index (χ2v) is 6.48. The highest BCUT2D eigenvalue weighted by atomic mass is 19.4. The summed E-state index contributed by atoms with van der Waals surface area (Å²) in [4.78, 5) is 14.3. The maximum Gasteiger partial charge on any atom is 0.418 e. The molecule has 2 heterocycles. The van der Waals surface area contributed by atoms with Gasteiger partial charge in [-0.2, -0.15) is 13.2 Å². The van der Waals surface area contributed by atoms with Crippen molar-refractivity contribution in [2.45, 2.75) is 44.4 Å². The van der Waals surface area contributed by atoms with E-state index in [1.165, 1.54) is 6.07 Å². The number of ether oxygens (including phenoxy) is 1. The second-order valence-electron chi connectivity index (χ2n) is 6.48. The molecule has 26 heavy (non-hydrogen) atoms. The molecule has 0 bridgehead atoms. The predicted molar refractivity (Wildman–Crippen MR) is 90.9 cm³/mol. The number of aliphatic carboxylic acids is 1. The van der Waals surface area contributed by atoms with Gasteiger partial charge in [-0.1, -0.05) is 24.3 Å². The number of rotatable bonds is 5. The normalized spacial score (nSPS) is 20.6. The van der Waals surface area contributed by atoms with Crippen LogP contribution >= 0.6 is 0 Å². The van der Waals surface area contributed by atoms with Crippen molar-refractivity contribution in [1.82, 2.24) is 4.98 Å². The summed E-state index contributed by atoms with van der Waals surface area (Å²) in [5.74, 6) is -1.05. The molecule has 2 aromatic rings. The molecule has 0 radical (unpaired) electrons. The summed E-state index contributed by atoms with van der Waals surface area (Å²) in [6.07, 6.45) is 0.354. The van der Waals surface area contributed by atoms with E-state index in [0.29, 0.717) is 30.3 Å². The highest BCUT2D eigenvalue weighted by Gasteiger charge is 2.43. The van der Waals surface area contributed by atoms with Gasteiger partial charge >= 0.3 is 12.1 Å². The molecule has 0 amide bonds. The first-order valence-electron chi connectivity index (χ1n) is 8.46. The van der Waals surface area contributed by atoms with Crippen molar-refractivity contribution >= 4 is 16.9 Å². The number of H-pyrrole nitrogens is 1. The molecular weight excluding hydrogens is 347 g/mol. The molecule has 1 aliphatic heterocycles. The number of halogens is 3. The minimum absolute atomic E-state index is 0.00343. The number of hydrogen-bond donors (Lipinski definition) is 2. The number of carboxylic acid groups (broad SMARTS) is 1. The largest absolute Gasteiger partial charge is 0.481 e. The Bertz CT molecular complexity index is 854. The number of aromatic nitrogens is 1. The number of para-hydroxylation sites is 1. The fourth-order valence-electron chi connectivity index (χ4n) is 3.73. The van der Waals surface area contributed by atoms with E-state index < -0.39 is 23.3 Å². The van der Waals surface area contributed by atoms with E-state index in [9.17, 15) is 23.1 Å². The third kappa shape index (κ3) is 3.23. The van der Waals surface area contributed by atoms with Crippen LogP contribution in [0.15, 0.2) is 30.4 Å². The average Bonchev–Trinajstić information content (AvgIpc) is 2.94. The van der Waals surface area contributed by atoms with Crippen LogP contribution in [0.1, 0.15) is 43.0 Å². The standard InChI is InChI=1S/C19H20F3NO3/c1-2-3-4-9-18(11-15(24)25)17-13(8-10-26-18)12-6-5-7-14(16(12)23-17)19(20,21)22/h2-3,5-7,23H,4,8-11H2,1H3,(H,24,25). The molecule has 0 saturated heterocycles. The molecule has 1 aliphatic rings. The highest BCUT2D eigenvalue weighted by Crippen LogP contribution is 2.44. The number of carboxylic acids is 1. The van der Waals surface area contributed by atoms with Gasteiger partial charge in [-0.15, -0.1) is 0 Å². The first kappa shape index (κ1) is 18.5. The molecule has 1 aromatic carbocycles. The van der Waals surface area contributed by atoms with Crippen LogP contribution < -0.4 is 0 Å². The van der Waals surface area contributed by atoms with Crippen LogP contribution in [0.2, 0.25) is 0 Å². The Morgan fingerprint density at radius 2 is 2.19 bits per heavy atom. The number of hydrogen-bond acceptors (Lipinski definition) is 2. The van der Waals surface area contributed by atoms with Crippen LogP contribution in [0.5, 0.6) is 0 Å². The quantitative estimate of drug-likeness (QED) is 0.747. The van der Waals surface area contributed by atoms with E-state index in [2.05, 4.69) is 4.98 Å². The number of nitrogens with one attached hydrogen (secondary N) is 1. The van der Waals surface area contributed by atoms with E-state index >= 15 is 0 Å². The maximum atomic E-state index is 13.4. The summed E-state index contributed by atoms with van der Waals surface area (Å²) >= 11 is 0. The van der Waals surface area contributed by atoms with Gasteiger partial charge < -0.3 is 14.8 Å². The summed E-state index contributed by atoms with van der Waals surface area (Å²) < 4.78 is 46.0. The number of fused-ring (bicyclic) bond motifs is 3. The Morgan fingerprint density at radius 1 is 1.42 bits per heavy atom. The van der Waals surface area contributed by atoms with Gasteiger partial charge in [0.2, 0.25) is 0 Å². The van der Waals surface area contributed by atoms with Crippen molar-refractivity contribution in [2.24, 2.45) is 0 Å². The Morgan fingerprint density at radius 3 is 2.85 bits per heavy atom. The number of allylic oxidation sites excluding steroid dienone is 2. The molecule has 4 nitrogen and oxygen atoms in total. The number of alkyl halides is 3. The molecule has 3 rings (SSSR count). The Labute approximate surface area is 148 Å². The third-order valence-electron chi connectivity index (χ3n) is 4.82. The Kier molecular flexibility index (Phi) is 4.84. The van der Waals surface area contributed by atoms with Crippen molar-refractivity contribution in [3.05, 3.63) is 47.2 Å². The van der Waals surface area contributed by atoms with Crippen LogP contribution in [0.4, 0.5) is 13.2 Å². The van der Waals surface area contributed by atoms with Crippen LogP contribution in [-0.4, -0.2) is 22.7 Å². The molecule has 140 valence electrons. The molecule has 1 atom stereocenters. The zero-order chi connectivity index (χ0) is 18.9. The summed E-state index contributed by atoms with van der Waals surface area (Å²) in [7, 11) is 0. The van der Waals surface area contributed by atoms with E-state index in [-0.39, 0.29) is 18.5 Å². The smallest absolute Gasteiger partial charge is 0.418 e. The van der Waals surface area contributed by atoms with Crippen LogP contribution in [0.25, 0.3) is 10.9 Å². The third-order valence-corrected chi connectivity index (χ3v) is 4.82. The molecule has 0 fully saturated rings. The van der Waals surface area contributed by atoms with Crippen molar-refractivity contribution in [3.63, 3.8) is 0 Å². The number of aromatic amines is 1. The lowest BCUT2D eigenvalue weighted by atomic mass is 9.84. The monoisotopic (exact) mass is 367 g/mol. The fraction of sp³-hybridized carbons (Fsp3) is 0.421. The fourth-order valence-corrected chi connectivity index (χ4v) is 3.73. The highest BCUT2D eigenvalue weighted by molar-refractivity contribution is 5.88. The van der Waals surface area contributed by atoms with Gasteiger partial charge in [0, 0.05) is 5.39 Å². The van der Waals surface area contributed by atoms with Crippen LogP contribution in [-0.2, 0) is 27.7 Å². The lowest BCUT2D eigenvalue weighted by Crippen LogP contribution is -2.37. The summed E-state index contributed by atoms with van der Waals surface area (Å²) in [5.41, 5.74) is -0.722. The van der Waals surface area contributed by atoms with E-state index in [4.69, 9.17) is 4.74 Å². The SMILES string of the molecule is CC=CCCC1(CC(=O)O)OCCc2c1[nH]c1c(C(F)(F)F)cccc21. The topological polar surface area (TPSA) is 62.3 Å². The molecule has 0 aliphatic carbocycles. The lowest BCUT2D eigenvalue weighted by Gasteiger charge is -2.36. The number of benzene rings is 1. The summed E-state index contributed by atoms with van der Waals surface area (Å²) in [6.45, 7) is 2.13. The predicted octanol–water partition coefficient (Wildman–Crippen LogP) is 4.79. The summed E-state index contributed by atoms with van der Waals surface area (Å²) in [6, 6.07) is 4.06. The van der Waals surface area contributed by atoms with Gasteiger partial charge in [-0.25, -0.2) is 0 Å². The molecule has 2 N–H and O–H groups in total. The molecule has 0 saturated carbocycles. The van der Waals surface area contributed by atoms with E-state index in [1.54, 1.807) is 6.07 Å². The van der Waals surface area contributed by atoms with Crippen molar-refractivity contribution in [1.29, 1.82) is 0 Å². The van der Waals surface area contributed by atoms with Gasteiger partial charge in [0.1, 0.15) is 5.60 Å². The lowest BCUT2D eigenvalue weighted by molar-refractivity contribution is -0.149. The second kappa shape index (κ2) is 6.79. The molecular formula is C19H20F3NO3. The van der Waals surface area contributed by atoms with Crippen molar-refractivity contribution in [3.8, 4) is 0 Å². The maximum absolute atomic E-state index is 13.4. The Hall–Kier alpha value is -2.28. The zero-order valence-electron chi connectivity index (χ0n) is 14.3. The minimum atomic E-state index is -4.49. The molecule has 0 spiro atoms. The first-order valence-corrected chi connectivity index (χ1v) is 8.46. The van der Waals surface area contributed by atoms with Gasteiger partial charge in [-0.05, 0) is 37.8 Å². The molecule has 1 aromatic heterocycles. The van der Waals surface area contributed by atoms with E-state index in [1.807, 2.05) is 19.1 Å².